The first-order chi connectivity index (χ1) is 13.5. The Morgan fingerprint density at radius 1 is 1.04 bits per heavy atom. The number of nitrogens with zero attached hydrogens (tertiary/aromatic N) is 1. The van der Waals surface area contributed by atoms with Gasteiger partial charge in [0.2, 0.25) is 11.8 Å². The second kappa shape index (κ2) is 9.28. The molecule has 0 fully saturated rings. The highest BCUT2D eigenvalue weighted by molar-refractivity contribution is 7.13. The van der Waals surface area contributed by atoms with Crippen LogP contribution in [0.4, 0.5) is 5.69 Å². The molecule has 0 bridgehead atoms. The molecule has 2 aromatic carbocycles. The zero-order chi connectivity index (χ0) is 19.9. The van der Waals surface area contributed by atoms with Gasteiger partial charge < -0.3 is 10.6 Å². The van der Waals surface area contributed by atoms with Crippen molar-refractivity contribution in [3.05, 3.63) is 71.7 Å². The summed E-state index contributed by atoms with van der Waals surface area (Å²) in [7, 11) is 0. The summed E-state index contributed by atoms with van der Waals surface area (Å²) in [6, 6.07) is 16.4. The summed E-state index contributed by atoms with van der Waals surface area (Å²) in [4.78, 5) is 29.4. The molecule has 0 aliphatic heterocycles. The third-order valence-corrected chi connectivity index (χ3v) is 5.13. The van der Waals surface area contributed by atoms with Gasteiger partial charge in [0, 0.05) is 22.8 Å². The van der Waals surface area contributed by atoms with Gasteiger partial charge >= 0.3 is 0 Å². The summed E-state index contributed by atoms with van der Waals surface area (Å²) in [5, 5.41) is 8.62. The molecule has 2 amide bonds. The van der Waals surface area contributed by atoms with Gasteiger partial charge in [-0.05, 0) is 35.7 Å². The molecule has 28 heavy (non-hydrogen) atoms. The first-order valence-electron chi connectivity index (χ1n) is 9.17. The fraction of sp³-hybridized carbons (Fsp3) is 0.227. The standard InChI is InChI=1S/C22H23N3O2S/c1-15(2)20(25-19(26)14-16-6-4-3-5-7-16)21(27)24-18-10-8-17(9-11-18)22-23-12-13-28-22/h3-13,15,20H,14H2,1-2H3,(H,24,27)(H,25,26)/t20-/m1/s1. The fourth-order valence-corrected chi connectivity index (χ4v) is 3.47. The lowest BCUT2D eigenvalue weighted by molar-refractivity contribution is -0.127. The van der Waals surface area contributed by atoms with Crippen LogP contribution in [0.3, 0.4) is 0 Å². The molecule has 144 valence electrons. The summed E-state index contributed by atoms with van der Waals surface area (Å²) in [6.07, 6.45) is 2.01. The zero-order valence-electron chi connectivity index (χ0n) is 15.9. The van der Waals surface area contributed by atoms with Gasteiger partial charge in [-0.3, -0.25) is 9.59 Å². The van der Waals surface area contributed by atoms with E-state index in [0.717, 1.165) is 16.1 Å². The lowest BCUT2D eigenvalue weighted by Gasteiger charge is -2.22. The van der Waals surface area contributed by atoms with Crippen molar-refractivity contribution in [2.24, 2.45) is 5.92 Å². The lowest BCUT2D eigenvalue weighted by Crippen LogP contribution is -2.47. The van der Waals surface area contributed by atoms with Gasteiger partial charge in [0.1, 0.15) is 11.0 Å². The van der Waals surface area contributed by atoms with E-state index >= 15 is 0 Å². The minimum Gasteiger partial charge on any atom is -0.344 e. The molecule has 0 unspecified atom stereocenters. The van der Waals surface area contributed by atoms with Crippen molar-refractivity contribution in [2.45, 2.75) is 26.3 Å². The van der Waals surface area contributed by atoms with Crippen LogP contribution >= 0.6 is 11.3 Å². The number of benzene rings is 2. The van der Waals surface area contributed by atoms with Gasteiger partial charge in [-0.2, -0.15) is 0 Å². The van der Waals surface area contributed by atoms with Crippen molar-refractivity contribution in [2.75, 3.05) is 5.32 Å². The van der Waals surface area contributed by atoms with Crippen molar-refractivity contribution >= 4 is 28.8 Å². The Bertz CT molecular complexity index is 907. The SMILES string of the molecule is CC(C)[C@@H](NC(=O)Cc1ccccc1)C(=O)Nc1ccc(-c2nccs2)cc1. The number of anilines is 1. The minimum atomic E-state index is -0.602. The Hall–Kier alpha value is -2.99. The van der Waals surface area contributed by atoms with Crippen LogP contribution in [0.25, 0.3) is 10.6 Å². The predicted octanol–water partition coefficient (Wildman–Crippen LogP) is 4.13. The molecule has 3 aromatic rings. The average molecular weight is 394 g/mol. The smallest absolute Gasteiger partial charge is 0.247 e. The van der Waals surface area contributed by atoms with E-state index < -0.39 is 6.04 Å². The minimum absolute atomic E-state index is 0.0330. The van der Waals surface area contributed by atoms with Crippen LogP contribution in [0, 0.1) is 5.92 Å². The molecule has 0 spiro atoms. The van der Waals surface area contributed by atoms with Crippen LogP contribution in [-0.2, 0) is 16.0 Å². The van der Waals surface area contributed by atoms with Crippen LogP contribution in [0.5, 0.6) is 0 Å². The van der Waals surface area contributed by atoms with Gasteiger partial charge in [0.25, 0.3) is 0 Å². The highest BCUT2D eigenvalue weighted by atomic mass is 32.1. The Labute approximate surface area is 168 Å². The number of hydrogen-bond acceptors (Lipinski definition) is 4. The molecular weight excluding hydrogens is 370 g/mol. The van der Waals surface area contributed by atoms with E-state index in [1.807, 2.05) is 73.8 Å². The molecular formula is C22H23N3O2S. The Morgan fingerprint density at radius 3 is 2.36 bits per heavy atom. The van der Waals surface area contributed by atoms with Crippen molar-refractivity contribution in [1.82, 2.24) is 10.3 Å². The molecule has 0 radical (unpaired) electrons. The van der Waals surface area contributed by atoms with Crippen molar-refractivity contribution in [1.29, 1.82) is 0 Å². The molecule has 0 aliphatic rings. The summed E-state index contributed by atoms with van der Waals surface area (Å²) in [5.74, 6) is -0.424. The number of aromatic nitrogens is 1. The van der Waals surface area contributed by atoms with Crippen molar-refractivity contribution < 1.29 is 9.59 Å². The molecule has 6 heteroatoms. The maximum absolute atomic E-state index is 12.7. The largest absolute Gasteiger partial charge is 0.344 e. The molecule has 0 aliphatic carbocycles. The van der Waals surface area contributed by atoms with E-state index in [1.165, 1.54) is 0 Å². The molecule has 5 nitrogen and oxygen atoms in total. The normalized spacial score (nSPS) is 11.8. The van der Waals surface area contributed by atoms with Gasteiger partial charge in [0.15, 0.2) is 0 Å². The maximum atomic E-state index is 12.7. The van der Waals surface area contributed by atoms with Crippen LogP contribution < -0.4 is 10.6 Å². The quantitative estimate of drug-likeness (QED) is 0.634. The summed E-state index contributed by atoms with van der Waals surface area (Å²) in [6.45, 7) is 3.83. The van der Waals surface area contributed by atoms with E-state index in [2.05, 4.69) is 15.6 Å². The topological polar surface area (TPSA) is 71.1 Å². The average Bonchev–Trinajstić information content (AvgIpc) is 3.22. The Balaban J connectivity index is 1.62. The second-order valence-electron chi connectivity index (χ2n) is 6.86. The highest BCUT2D eigenvalue weighted by Gasteiger charge is 2.24. The molecule has 1 atom stereocenters. The molecule has 2 N–H and O–H groups in total. The van der Waals surface area contributed by atoms with Crippen LogP contribution in [0.2, 0.25) is 0 Å². The predicted molar refractivity (Wildman–Crippen MR) is 113 cm³/mol. The second-order valence-corrected chi connectivity index (χ2v) is 7.75. The summed E-state index contributed by atoms with van der Waals surface area (Å²) < 4.78 is 0. The van der Waals surface area contributed by atoms with E-state index in [4.69, 9.17) is 0 Å². The molecule has 3 rings (SSSR count). The van der Waals surface area contributed by atoms with Gasteiger partial charge in [-0.15, -0.1) is 11.3 Å². The number of amides is 2. The monoisotopic (exact) mass is 393 g/mol. The van der Waals surface area contributed by atoms with Crippen molar-refractivity contribution in [3.63, 3.8) is 0 Å². The number of rotatable bonds is 7. The van der Waals surface area contributed by atoms with Gasteiger partial charge in [0.05, 0.1) is 6.42 Å². The number of hydrogen-bond donors (Lipinski definition) is 2. The number of thiazole rings is 1. The summed E-state index contributed by atoms with van der Waals surface area (Å²) >= 11 is 1.57. The lowest BCUT2D eigenvalue weighted by atomic mass is 10.0. The third-order valence-electron chi connectivity index (χ3n) is 4.30. The molecule has 0 saturated carbocycles. The van der Waals surface area contributed by atoms with Crippen LogP contribution in [0.15, 0.2) is 66.2 Å². The zero-order valence-corrected chi connectivity index (χ0v) is 16.7. The fourth-order valence-electron chi connectivity index (χ4n) is 2.82. The first kappa shape index (κ1) is 19.8. The number of nitrogens with one attached hydrogen (secondary N) is 2. The van der Waals surface area contributed by atoms with E-state index in [9.17, 15) is 9.59 Å². The summed E-state index contributed by atoms with van der Waals surface area (Å²) in [5.41, 5.74) is 2.61. The number of carbonyl (C=O) groups is 2. The van der Waals surface area contributed by atoms with E-state index in [0.29, 0.717) is 5.69 Å². The molecule has 1 heterocycles. The van der Waals surface area contributed by atoms with Gasteiger partial charge in [-0.1, -0.05) is 44.2 Å². The highest BCUT2D eigenvalue weighted by Crippen LogP contribution is 2.23. The van der Waals surface area contributed by atoms with Crippen molar-refractivity contribution in [3.8, 4) is 10.6 Å². The Kier molecular flexibility index (Phi) is 6.55. The first-order valence-corrected chi connectivity index (χ1v) is 10.0. The number of carbonyl (C=O) groups excluding carboxylic acids is 2. The van der Waals surface area contributed by atoms with Gasteiger partial charge in [-0.25, -0.2) is 4.98 Å². The Morgan fingerprint density at radius 2 is 1.75 bits per heavy atom. The third kappa shape index (κ3) is 5.27. The van der Waals surface area contributed by atoms with E-state index in [1.54, 1.807) is 17.5 Å². The maximum Gasteiger partial charge on any atom is 0.247 e. The molecule has 1 aromatic heterocycles. The van der Waals surface area contributed by atoms with Crippen LogP contribution in [0.1, 0.15) is 19.4 Å². The molecule has 0 saturated heterocycles. The van der Waals surface area contributed by atoms with E-state index in [-0.39, 0.29) is 24.2 Å². The van der Waals surface area contributed by atoms with Crippen LogP contribution in [-0.4, -0.2) is 22.8 Å².